The summed E-state index contributed by atoms with van der Waals surface area (Å²) in [6.45, 7) is 0. The summed E-state index contributed by atoms with van der Waals surface area (Å²) in [7, 11) is 0. The first-order valence-corrected chi connectivity index (χ1v) is 5.79. The topological polar surface area (TPSA) is 45.9 Å². The smallest absolute Gasteiger partial charge is 0.420 e. The molecule has 21 heavy (non-hydrogen) atoms. The van der Waals surface area contributed by atoms with E-state index in [1.807, 2.05) is 0 Å². The van der Waals surface area contributed by atoms with Crippen LogP contribution in [-0.4, -0.2) is 4.98 Å². The molecule has 0 aliphatic rings. The van der Waals surface area contributed by atoms with Gasteiger partial charge in [-0.1, -0.05) is 11.6 Å². The number of aromatic nitrogens is 1. The summed E-state index contributed by atoms with van der Waals surface area (Å²) in [5, 5.41) is 8.62. The van der Waals surface area contributed by atoms with Crippen molar-refractivity contribution in [3.8, 4) is 17.7 Å². The van der Waals surface area contributed by atoms with E-state index in [9.17, 15) is 17.6 Å². The molecule has 1 aromatic carbocycles. The summed E-state index contributed by atoms with van der Waals surface area (Å²) in [4.78, 5) is 3.48. The minimum atomic E-state index is -4.76. The van der Waals surface area contributed by atoms with Crippen molar-refractivity contribution in [2.24, 2.45) is 0 Å². The number of nitrogens with zero attached hydrogens (tertiary/aromatic N) is 2. The first-order valence-electron chi connectivity index (χ1n) is 5.41. The number of alkyl halides is 3. The average Bonchev–Trinajstić information content (AvgIpc) is 2.41. The fourth-order valence-corrected chi connectivity index (χ4v) is 1.64. The van der Waals surface area contributed by atoms with Crippen molar-refractivity contribution in [1.82, 2.24) is 4.98 Å². The molecular formula is C13H5ClF4N2O. The van der Waals surface area contributed by atoms with Gasteiger partial charge in [0.15, 0.2) is 5.82 Å². The Morgan fingerprint density at radius 3 is 2.52 bits per heavy atom. The van der Waals surface area contributed by atoms with Crippen LogP contribution in [0.1, 0.15) is 11.1 Å². The first kappa shape index (κ1) is 15.1. The fraction of sp³-hybridized carbons (Fsp3) is 0.0769. The van der Waals surface area contributed by atoms with Crippen molar-refractivity contribution in [1.29, 1.82) is 5.26 Å². The van der Waals surface area contributed by atoms with Crippen LogP contribution >= 0.6 is 11.6 Å². The second-order valence-corrected chi connectivity index (χ2v) is 4.30. The van der Waals surface area contributed by atoms with Gasteiger partial charge in [-0.25, -0.2) is 9.37 Å². The van der Waals surface area contributed by atoms with E-state index in [0.29, 0.717) is 6.07 Å². The Morgan fingerprint density at radius 2 is 1.95 bits per heavy atom. The zero-order chi connectivity index (χ0) is 15.6. The molecule has 0 saturated heterocycles. The molecule has 2 aromatic rings. The number of nitriles is 1. The summed E-state index contributed by atoms with van der Waals surface area (Å²) in [6.07, 6.45) is -3.72. The van der Waals surface area contributed by atoms with E-state index in [-0.39, 0.29) is 10.6 Å². The molecule has 0 saturated carbocycles. The molecule has 0 radical (unpaired) electrons. The van der Waals surface area contributed by atoms with Crippen LogP contribution in [0.15, 0.2) is 30.5 Å². The maximum atomic E-state index is 13.5. The van der Waals surface area contributed by atoms with Crippen LogP contribution in [0.5, 0.6) is 11.6 Å². The van der Waals surface area contributed by atoms with Gasteiger partial charge in [-0.2, -0.15) is 18.4 Å². The van der Waals surface area contributed by atoms with E-state index in [0.717, 1.165) is 24.4 Å². The van der Waals surface area contributed by atoms with Gasteiger partial charge in [0.25, 0.3) is 5.88 Å². The lowest BCUT2D eigenvalue weighted by atomic mass is 10.1. The van der Waals surface area contributed by atoms with E-state index < -0.39 is 29.2 Å². The highest BCUT2D eigenvalue weighted by molar-refractivity contribution is 6.30. The Kier molecular flexibility index (Phi) is 4.00. The van der Waals surface area contributed by atoms with Crippen molar-refractivity contribution in [3.05, 3.63) is 52.4 Å². The number of ether oxygens (including phenoxy) is 1. The third-order valence-corrected chi connectivity index (χ3v) is 2.60. The molecule has 0 unspecified atom stereocenters. The number of hydrogen-bond acceptors (Lipinski definition) is 3. The SMILES string of the molecule is N#Cc1ccc(Oc2ncc(Cl)cc2F)c(C(F)(F)F)c1. The van der Waals surface area contributed by atoms with Gasteiger partial charge < -0.3 is 4.74 Å². The van der Waals surface area contributed by atoms with Gasteiger partial charge in [-0.15, -0.1) is 0 Å². The Morgan fingerprint density at radius 1 is 1.24 bits per heavy atom. The van der Waals surface area contributed by atoms with Crippen LogP contribution in [-0.2, 0) is 6.18 Å². The van der Waals surface area contributed by atoms with E-state index in [1.54, 1.807) is 6.07 Å². The molecule has 1 heterocycles. The van der Waals surface area contributed by atoms with E-state index in [2.05, 4.69) is 4.98 Å². The minimum Gasteiger partial charge on any atom is -0.436 e. The molecule has 8 heteroatoms. The first-order chi connectivity index (χ1) is 9.81. The quantitative estimate of drug-likeness (QED) is 0.763. The monoisotopic (exact) mass is 316 g/mol. The average molecular weight is 317 g/mol. The summed E-state index contributed by atoms with van der Waals surface area (Å²) < 4.78 is 57.1. The highest BCUT2D eigenvalue weighted by Crippen LogP contribution is 2.38. The molecule has 1 aromatic heterocycles. The molecule has 0 bridgehead atoms. The van der Waals surface area contributed by atoms with Crippen LogP contribution in [0, 0.1) is 17.1 Å². The number of rotatable bonds is 2. The largest absolute Gasteiger partial charge is 0.436 e. The lowest BCUT2D eigenvalue weighted by Gasteiger charge is -2.13. The number of benzene rings is 1. The van der Waals surface area contributed by atoms with E-state index in [1.165, 1.54) is 0 Å². The third-order valence-electron chi connectivity index (χ3n) is 2.39. The maximum Gasteiger partial charge on any atom is 0.420 e. The Labute approximate surface area is 121 Å². The van der Waals surface area contributed by atoms with Gasteiger partial charge in [-0.05, 0) is 24.3 Å². The molecule has 2 rings (SSSR count). The molecular weight excluding hydrogens is 312 g/mol. The van der Waals surface area contributed by atoms with Gasteiger partial charge >= 0.3 is 6.18 Å². The zero-order valence-corrected chi connectivity index (χ0v) is 10.8. The van der Waals surface area contributed by atoms with Crippen LogP contribution in [0.3, 0.4) is 0 Å². The molecule has 0 spiro atoms. The second kappa shape index (κ2) is 5.58. The van der Waals surface area contributed by atoms with Crippen molar-refractivity contribution < 1.29 is 22.3 Å². The van der Waals surface area contributed by atoms with E-state index >= 15 is 0 Å². The molecule has 0 aliphatic heterocycles. The highest BCUT2D eigenvalue weighted by atomic mass is 35.5. The predicted octanol–water partition coefficient (Wildman–Crippen LogP) is 4.56. The van der Waals surface area contributed by atoms with Crippen molar-refractivity contribution in [2.45, 2.75) is 6.18 Å². The van der Waals surface area contributed by atoms with Crippen molar-refractivity contribution in [2.75, 3.05) is 0 Å². The molecule has 0 atom stereocenters. The lowest BCUT2D eigenvalue weighted by Crippen LogP contribution is -2.08. The highest BCUT2D eigenvalue weighted by Gasteiger charge is 2.35. The summed E-state index contributed by atoms with van der Waals surface area (Å²) in [6, 6.07) is 5.11. The van der Waals surface area contributed by atoms with Crippen LogP contribution in [0.4, 0.5) is 17.6 Å². The summed E-state index contributed by atoms with van der Waals surface area (Å²) >= 11 is 5.49. The fourth-order valence-electron chi connectivity index (χ4n) is 1.49. The van der Waals surface area contributed by atoms with Crippen LogP contribution in [0.2, 0.25) is 5.02 Å². The van der Waals surface area contributed by atoms with Crippen LogP contribution in [0.25, 0.3) is 0 Å². The number of pyridine rings is 1. The van der Waals surface area contributed by atoms with Gasteiger partial charge in [0.05, 0.1) is 22.2 Å². The second-order valence-electron chi connectivity index (χ2n) is 3.86. The Hall–Kier alpha value is -2.33. The van der Waals surface area contributed by atoms with Gasteiger partial charge in [0.2, 0.25) is 0 Å². The third kappa shape index (κ3) is 3.41. The van der Waals surface area contributed by atoms with Crippen molar-refractivity contribution >= 4 is 11.6 Å². The maximum absolute atomic E-state index is 13.5. The summed E-state index contributed by atoms with van der Waals surface area (Å²) in [5.74, 6) is -2.30. The standard InChI is InChI=1S/C13H5ClF4N2O/c14-8-4-10(15)12(20-6-8)21-11-2-1-7(5-19)3-9(11)13(16,17)18/h1-4,6H. The van der Waals surface area contributed by atoms with Gasteiger partial charge in [0.1, 0.15) is 5.75 Å². The Bertz CT molecular complexity index is 725. The lowest BCUT2D eigenvalue weighted by molar-refractivity contribution is -0.138. The molecule has 0 fully saturated rings. The number of halogens is 5. The molecule has 3 nitrogen and oxygen atoms in total. The van der Waals surface area contributed by atoms with Crippen molar-refractivity contribution in [3.63, 3.8) is 0 Å². The normalized spacial score (nSPS) is 11.0. The van der Waals surface area contributed by atoms with E-state index in [4.69, 9.17) is 21.6 Å². The van der Waals surface area contributed by atoms with Gasteiger partial charge in [-0.3, -0.25) is 0 Å². The molecule has 108 valence electrons. The molecule has 0 amide bonds. The molecule has 0 aliphatic carbocycles. The van der Waals surface area contributed by atoms with Crippen LogP contribution < -0.4 is 4.74 Å². The predicted molar refractivity (Wildman–Crippen MR) is 65.4 cm³/mol. The van der Waals surface area contributed by atoms with Gasteiger partial charge in [0, 0.05) is 6.20 Å². The summed E-state index contributed by atoms with van der Waals surface area (Å²) in [5.41, 5.74) is -1.39. The minimum absolute atomic E-state index is 0.0178. The molecule has 0 N–H and O–H groups in total. The Balaban J connectivity index is 2.47. The number of hydrogen-bond donors (Lipinski definition) is 0. The zero-order valence-electron chi connectivity index (χ0n) is 10.1.